The smallest absolute Gasteiger partial charge is 0.189 e. The zero-order chi connectivity index (χ0) is 11.4. The summed E-state index contributed by atoms with van der Waals surface area (Å²) in [5.74, 6) is 0. The van der Waals surface area contributed by atoms with Crippen LogP contribution in [0.4, 0.5) is 5.69 Å². The highest BCUT2D eigenvalue weighted by Gasteiger charge is 2.03. The van der Waals surface area contributed by atoms with Crippen LogP contribution in [-0.4, -0.2) is 5.11 Å². The molecule has 2 aromatic carbocycles. The molecule has 0 heterocycles. The van der Waals surface area contributed by atoms with Gasteiger partial charge < -0.3 is 5.32 Å². The number of para-hydroxylation sites is 1. The van der Waals surface area contributed by atoms with E-state index in [1.165, 1.54) is 0 Å². The van der Waals surface area contributed by atoms with E-state index in [9.17, 15) is 0 Å². The van der Waals surface area contributed by atoms with Gasteiger partial charge in [0, 0.05) is 11.3 Å². The van der Waals surface area contributed by atoms with E-state index in [0.717, 1.165) is 16.8 Å². The van der Waals surface area contributed by atoms with Crippen molar-refractivity contribution in [1.82, 2.24) is 5.73 Å². The molecule has 79 valence electrons. The van der Waals surface area contributed by atoms with Crippen LogP contribution >= 0.6 is 12.2 Å². The summed E-state index contributed by atoms with van der Waals surface area (Å²) in [6.45, 7) is 0. The van der Waals surface area contributed by atoms with Gasteiger partial charge in [-0.2, -0.15) is 0 Å². The summed E-state index contributed by atoms with van der Waals surface area (Å²) in [7, 11) is 0. The van der Waals surface area contributed by atoms with Crippen molar-refractivity contribution < 1.29 is 0 Å². The van der Waals surface area contributed by atoms with Gasteiger partial charge in [0.25, 0.3) is 0 Å². The molecule has 0 bridgehead atoms. The number of hydrogen-bond acceptors (Lipinski definition) is 1. The summed E-state index contributed by atoms with van der Waals surface area (Å²) in [4.78, 5) is 0. The predicted octanol–water partition coefficient (Wildman–Crippen LogP) is 3.33. The molecule has 0 aromatic heterocycles. The number of rotatable bonds is 2. The van der Waals surface area contributed by atoms with Crippen LogP contribution in [0.15, 0.2) is 54.6 Å². The second-order valence-corrected chi connectivity index (χ2v) is 3.77. The molecule has 16 heavy (non-hydrogen) atoms. The van der Waals surface area contributed by atoms with Crippen LogP contribution in [-0.2, 0) is 0 Å². The standard InChI is InChI=1S/C13H11N2S/c14-13(16)15-12-9-5-4-8-11(12)10-6-2-1-3-7-10/h1-9,14H,(H,15,16). The SMILES string of the molecule is [NH]C(=S)Nc1ccccc1-c1ccccc1. The van der Waals surface area contributed by atoms with Crippen LogP contribution in [0.5, 0.6) is 0 Å². The highest BCUT2D eigenvalue weighted by molar-refractivity contribution is 7.80. The Kier molecular flexibility index (Phi) is 3.17. The molecular weight excluding hydrogens is 216 g/mol. The molecule has 1 radical (unpaired) electrons. The van der Waals surface area contributed by atoms with Gasteiger partial charge >= 0.3 is 0 Å². The molecule has 2 rings (SSSR count). The van der Waals surface area contributed by atoms with Crippen molar-refractivity contribution in [2.45, 2.75) is 0 Å². The molecule has 0 amide bonds. The Bertz CT molecular complexity index is 494. The van der Waals surface area contributed by atoms with Gasteiger partial charge in [-0.05, 0) is 23.8 Å². The summed E-state index contributed by atoms with van der Waals surface area (Å²) in [6.07, 6.45) is 0. The van der Waals surface area contributed by atoms with Gasteiger partial charge in [0.1, 0.15) is 0 Å². The van der Waals surface area contributed by atoms with Crippen LogP contribution in [0.1, 0.15) is 0 Å². The topological polar surface area (TPSA) is 35.8 Å². The third-order valence-electron chi connectivity index (χ3n) is 2.26. The predicted molar refractivity (Wildman–Crippen MR) is 71.2 cm³/mol. The third-order valence-corrected chi connectivity index (χ3v) is 2.36. The van der Waals surface area contributed by atoms with Crippen molar-refractivity contribution in [2.24, 2.45) is 0 Å². The summed E-state index contributed by atoms with van der Waals surface area (Å²) in [5.41, 5.74) is 10.3. The molecule has 3 heteroatoms. The average molecular weight is 227 g/mol. The second-order valence-electron chi connectivity index (χ2n) is 3.37. The lowest BCUT2D eigenvalue weighted by atomic mass is 10.0. The summed E-state index contributed by atoms with van der Waals surface area (Å²) >= 11 is 4.74. The molecule has 0 spiro atoms. The quantitative estimate of drug-likeness (QED) is 0.799. The fourth-order valence-corrected chi connectivity index (χ4v) is 1.69. The fourth-order valence-electron chi connectivity index (χ4n) is 1.58. The molecule has 0 unspecified atom stereocenters. The van der Waals surface area contributed by atoms with E-state index in [1.807, 2.05) is 54.6 Å². The first-order valence-electron chi connectivity index (χ1n) is 4.94. The number of thiocarbonyl (C=S) groups is 1. The molecule has 2 nitrogen and oxygen atoms in total. The molecule has 0 aliphatic heterocycles. The van der Waals surface area contributed by atoms with Crippen molar-refractivity contribution in [3.63, 3.8) is 0 Å². The molecule has 0 atom stereocenters. The maximum atomic E-state index is 7.29. The van der Waals surface area contributed by atoms with Gasteiger partial charge in [-0.15, -0.1) is 0 Å². The Morgan fingerprint density at radius 3 is 2.25 bits per heavy atom. The number of hydrogen-bond donors (Lipinski definition) is 1. The van der Waals surface area contributed by atoms with Crippen LogP contribution in [0.2, 0.25) is 0 Å². The maximum absolute atomic E-state index is 7.29. The monoisotopic (exact) mass is 227 g/mol. The van der Waals surface area contributed by atoms with Crippen molar-refractivity contribution in [1.29, 1.82) is 0 Å². The van der Waals surface area contributed by atoms with E-state index >= 15 is 0 Å². The van der Waals surface area contributed by atoms with Crippen molar-refractivity contribution in [2.75, 3.05) is 5.32 Å². The van der Waals surface area contributed by atoms with Crippen molar-refractivity contribution >= 4 is 23.0 Å². The Hall–Kier alpha value is -1.87. The average Bonchev–Trinajstić information content (AvgIpc) is 2.30. The Labute approximate surface area is 100 Å². The summed E-state index contributed by atoms with van der Waals surface area (Å²) < 4.78 is 0. The summed E-state index contributed by atoms with van der Waals surface area (Å²) in [5, 5.41) is 2.90. The van der Waals surface area contributed by atoms with Gasteiger partial charge in [0.15, 0.2) is 5.11 Å². The maximum Gasteiger partial charge on any atom is 0.189 e. The van der Waals surface area contributed by atoms with E-state index in [4.69, 9.17) is 18.0 Å². The molecular formula is C13H11N2S. The lowest BCUT2D eigenvalue weighted by Gasteiger charge is -2.10. The fraction of sp³-hybridized carbons (Fsp3) is 0. The Morgan fingerprint density at radius 1 is 0.938 bits per heavy atom. The minimum Gasteiger partial charge on any atom is -0.331 e. The van der Waals surface area contributed by atoms with Gasteiger partial charge in [0.05, 0.1) is 0 Å². The zero-order valence-corrected chi connectivity index (χ0v) is 9.42. The zero-order valence-electron chi connectivity index (χ0n) is 8.60. The number of nitrogens with one attached hydrogen (secondary N) is 2. The highest BCUT2D eigenvalue weighted by Crippen LogP contribution is 2.27. The minimum absolute atomic E-state index is 0.0309. The van der Waals surface area contributed by atoms with E-state index in [0.29, 0.717) is 0 Å². The van der Waals surface area contributed by atoms with Gasteiger partial charge in [-0.3, -0.25) is 5.73 Å². The highest BCUT2D eigenvalue weighted by atomic mass is 32.1. The molecule has 2 N–H and O–H groups in total. The van der Waals surface area contributed by atoms with Crippen LogP contribution in [0.3, 0.4) is 0 Å². The molecule has 0 aliphatic carbocycles. The van der Waals surface area contributed by atoms with Gasteiger partial charge in [0.2, 0.25) is 0 Å². The van der Waals surface area contributed by atoms with Gasteiger partial charge in [-0.1, -0.05) is 48.5 Å². The third kappa shape index (κ3) is 2.38. The largest absolute Gasteiger partial charge is 0.331 e. The van der Waals surface area contributed by atoms with E-state index in [1.54, 1.807) is 0 Å². The lowest BCUT2D eigenvalue weighted by molar-refractivity contribution is 1.56. The van der Waals surface area contributed by atoms with Crippen molar-refractivity contribution in [3.8, 4) is 11.1 Å². The molecule has 0 aliphatic rings. The Morgan fingerprint density at radius 2 is 1.56 bits per heavy atom. The van der Waals surface area contributed by atoms with Crippen molar-refractivity contribution in [3.05, 3.63) is 54.6 Å². The first kappa shape index (κ1) is 10.6. The number of anilines is 1. The van der Waals surface area contributed by atoms with E-state index in [2.05, 4.69) is 5.32 Å². The molecule has 0 saturated carbocycles. The van der Waals surface area contributed by atoms with Crippen LogP contribution < -0.4 is 11.1 Å². The molecule has 0 fully saturated rings. The number of benzene rings is 2. The molecule has 2 aromatic rings. The molecule has 0 saturated heterocycles. The van der Waals surface area contributed by atoms with Crippen LogP contribution in [0, 0.1) is 0 Å². The Balaban J connectivity index is 2.44. The first-order valence-corrected chi connectivity index (χ1v) is 5.35. The summed E-state index contributed by atoms with van der Waals surface area (Å²) in [6, 6.07) is 17.9. The van der Waals surface area contributed by atoms with E-state index in [-0.39, 0.29) is 5.11 Å². The lowest BCUT2D eigenvalue weighted by Crippen LogP contribution is -2.09. The van der Waals surface area contributed by atoms with Crippen LogP contribution in [0.25, 0.3) is 11.1 Å². The van der Waals surface area contributed by atoms with E-state index < -0.39 is 0 Å². The normalized spacial score (nSPS) is 9.75. The first-order chi connectivity index (χ1) is 7.77. The second kappa shape index (κ2) is 4.77. The minimum atomic E-state index is 0.0309. The van der Waals surface area contributed by atoms with Gasteiger partial charge in [-0.25, -0.2) is 0 Å².